The van der Waals surface area contributed by atoms with Crippen molar-refractivity contribution in [3.63, 3.8) is 0 Å². The number of nitrogens with zero attached hydrogens (tertiary/aromatic N) is 3. The molecule has 5 heteroatoms. The normalized spacial score (nSPS) is 11.2. The first-order valence-electron chi connectivity index (χ1n) is 7.67. The molecule has 0 amide bonds. The van der Waals surface area contributed by atoms with Crippen molar-refractivity contribution in [3.8, 4) is 11.3 Å². The fourth-order valence-corrected chi connectivity index (χ4v) is 2.31. The molecule has 0 unspecified atom stereocenters. The molecule has 1 heterocycles. The van der Waals surface area contributed by atoms with Crippen LogP contribution in [0.2, 0.25) is 0 Å². The van der Waals surface area contributed by atoms with Crippen LogP contribution in [0.4, 0.5) is 10.2 Å². The summed E-state index contributed by atoms with van der Waals surface area (Å²) in [4.78, 5) is 2.38. The lowest BCUT2D eigenvalue weighted by Crippen LogP contribution is -2.34. The van der Waals surface area contributed by atoms with Crippen molar-refractivity contribution in [1.82, 2.24) is 15.1 Å². The number of hydrogen-bond acceptors (Lipinski definition) is 4. The monoisotopic (exact) mass is 302 g/mol. The molecule has 0 aliphatic carbocycles. The third-order valence-electron chi connectivity index (χ3n) is 3.65. The van der Waals surface area contributed by atoms with Gasteiger partial charge in [-0.05, 0) is 56.8 Å². The summed E-state index contributed by atoms with van der Waals surface area (Å²) in [6.07, 6.45) is 0. The van der Waals surface area contributed by atoms with E-state index in [9.17, 15) is 4.39 Å². The van der Waals surface area contributed by atoms with E-state index in [4.69, 9.17) is 0 Å². The predicted molar refractivity (Wildman–Crippen MR) is 88.3 cm³/mol. The van der Waals surface area contributed by atoms with Crippen LogP contribution in [0.5, 0.6) is 0 Å². The number of halogens is 1. The Bertz CT molecular complexity index is 566. The topological polar surface area (TPSA) is 41.0 Å². The molecule has 0 bridgehead atoms. The molecule has 4 nitrogen and oxygen atoms in total. The van der Waals surface area contributed by atoms with Crippen LogP contribution >= 0.6 is 0 Å². The molecule has 0 aliphatic rings. The highest BCUT2D eigenvalue weighted by atomic mass is 19.1. The summed E-state index contributed by atoms with van der Waals surface area (Å²) in [5, 5.41) is 11.6. The zero-order valence-corrected chi connectivity index (χ0v) is 13.4. The predicted octanol–water partition coefficient (Wildman–Crippen LogP) is 3.42. The summed E-state index contributed by atoms with van der Waals surface area (Å²) in [5.41, 5.74) is 1.60. The second-order valence-corrected chi connectivity index (χ2v) is 5.46. The van der Waals surface area contributed by atoms with E-state index < -0.39 is 0 Å². The highest BCUT2D eigenvalue weighted by molar-refractivity contribution is 5.59. The van der Waals surface area contributed by atoms with Gasteiger partial charge >= 0.3 is 0 Å². The minimum Gasteiger partial charge on any atom is -0.367 e. The van der Waals surface area contributed by atoms with Gasteiger partial charge in [-0.1, -0.05) is 6.92 Å². The Morgan fingerprint density at radius 1 is 1.09 bits per heavy atom. The average molecular weight is 302 g/mol. The van der Waals surface area contributed by atoms with Crippen LogP contribution in [-0.2, 0) is 0 Å². The summed E-state index contributed by atoms with van der Waals surface area (Å²) in [6.45, 7) is 9.39. The molecule has 0 aliphatic heterocycles. The van der Waals surface area contributed by atoms with Crippen molar-refractivity contribution in [3.05, 3.63) is 42.2 Å². The van der Waals surface area contributed by atoms with Crippen LogP contribution in [0.25, 0.3) is 11.3 Å². The van der Waals surface area contributed by atoms with E-state index in [-0.39, 0.29) is 5.82 Å². The number of benzene rings is 1. The lowest BCUT2D eigenvalue weighted by Gasteiger charge is -2.24. The van der Waals surface area contributed by atoms with E-state index in [1.807, 2.05) is 12.1 Å². The highest BCUT2D eigenvalue weighted by Gasteiger charge is 2.06. The van der Waals surface area contributed by atoms with Crippen molar-refractivity contribution in [2.75, 3.05) is 25.0 Å². The lowest BCUT2D eigenvalue weighted by atomic mass is 10.1. The molecule has 0 radical (unpaired) electrons. The fourth-order valence-electron chi connectivity index (χ4n) is 2.31. The van der Waals surface area contributed by atoms with Crippen LogP contribution in [0.1, 0.15) is 20.8 Å². The van der Waals surface area contributed by atoms with Crippen LogP contribution in [-0.4, -0.2) is 40.8 Å². The summed E-state index contributed by atoms with van der Waals surface area (Å²) in [6, 6.07) is 10.6. The van der Waals surface area contributed by atoms with Gasteiger partial charge in [0.2, 0.25) is 0 Å². The Labute approximate surface area is 131 Å². The fraction of sp³-hybridized carbons (Fsp3) is 0.412. The van der Waals surface area contributed by atoms with Gasteiger partial charge in [0.05, 0.1) is 5.69 Å². The second-order valence-electron chi connectivity index (χ2n) is 5.46. The van der Waals surface area contributed by atoms with E-state index in [1.165, 1.54) is 12.1 Å². The molecule has 0 fully saturated rings. The number of anilines is 1. The molecule has 0 spiro atoms. The number of nitrogens with one attached hydrogen (secondary N) is 1. The molecule has 118 valence electrons. The Morgan fingerprint density at radius 2 is 1.82 bits per heavy atom. The van der Waals surface area contributed by atoms with Gasteiger partial charge in [0.15, 0.2) is 0 Å². The van der Waals surface area contributed by atoms with Gasteiger partial charge in [-0.25, -0.2) is 4.39 Å². The SMILES string of the molecule is CCN(CCNc1ccc(-c2ccc(F)cc2)nn1)C(C)C. The Morgan fingerprint density at radius 3 is 2.36 bits per heavy atom. The third-order valence-corrected chi connectivity index (χ3v) is 3.65. The van der Waals surface area contributed by atoms with Gasteiger partial charge in [-0.2, -0.15) is 0 Å². The van der Waals surface area contributed by atoms with E-state index in [0.717, 1.165) is 36.7 Å². The molecule has 0 saturated heterocycles. The first-order valence-corrected chi connectivity index (χ1v) is 7.67. The van der Waals surface area contributed by atoms with Crippen molar-refractivity contribution in [2.45, 2.75) is 26.8 Å². The largest absolute Gasteiger partial charge is 0.367 e. The average Bonchev–Trinajstić information content (AvgIpc) is 2.52. The van der Waals surface area contributed by atoms with Gasteiger partial charge in [0, 0.05) is 24.7 Å². The summed E-state index contributed by atoms with van der Waals surface area (Å²) < 4.78 is 12.9. The van der Waals surface area contributed by atoms with E-state index in [0.29, 0.717) is 6.04 Å². The number of aromatic nitrogens is 2. The van der Waals surface area contributed by atoms with Crippen molar-refractivity contribution in [1.29, 1.82) is 0 Å². The minimum absolute atomic E-state index is 0.249. The van der Waals surface area contributed by atoms with Crippen LogP contribution in [0.15, 0.2) is 36.4 Å². The molecular weight excluding hydrogens is 279 g/mol. The van der Waals surface area contributed by atoms with E-state index >= 15 is 0 Å². The van der Waals surface area contributed by atoms with Crippen LogP contribution < -0.4 is 5.32 Å². The van der Waals surface area contributed by atoms with E-state index in [2.05, 4.69) is 41.2 Å². The molecule has 0 atom stereocenters. The zero-order valence-electron chi connectivity index (χ0n) is 13.4. The molecule has 22 heavy (non-hydrogen) atoms. The molecule has 2 aromatic rings. The lowest BCUT2D eigenvalue weighted by molar-refractivity contribution is 0.243. The highest BCUT2D eigenvalue weighted by Crippen LogP contribution is 2.17. The molecule has 1 aromatic carbocycles. The standard InChI is InChI=1S/C17H23FN4/c1-4-22(13(2)3)12-11-19-17-10-9-16(20-21-17)14-5-7-15(18)8-6-14/h5-10,13H,4,11-12H2,1-3H3,(H,19,21). The summed E-state index contributed by atoms with van der Waals surface area (Å²) in [7, 11) is 0. The maximum Gasteiger partial charge on any atom is 0.148 e. The van der Waals surface area contributed by atoms with Gasteiger partial charge in [-0.3, -0.25) is 4.90 Å². The molecular formula is C17H23FN4. The Hall–Kier alpha value is -2.01. The minimum atomic E-state index is -0.249. The molecule has 2 rings (SSSR count). The van der Waals surface area contributed by atoms with Crippen molar-refractivity contribution >= 4 is 5.82 Å². The van der Waals surface area contributed by atoms with Gasteiger partial charge in [-0.15, -0.1) is 10.2 Å². The Kier molecular flexibility index (Phi) is 5.83. The molecule has 1 N–H and O–H groups in total. The molecule has 1 aromatic heterocycles. The first-order chi connectivity index (χ1) is 10.6. The van der Waals surface area contributed by atoms with Gasteiger partial charge in [0.25, 0.3) is 0 Å². The first kappa shape index (κ1) is 16.4. The van der Waals surface area contributed by atoms with Gasteiger partial charge < -0.3 is 5.32 Å². The van der Waals surface area contributed by atoms with Crippen molar-refractivity contribution < 1.29 is 4.39 Å². The van der Waals surface area contributed by atoms with Crippen LogP contribution in [0.3, 0.4) is 0 Å². The zero-order chi connectivity index (χ0) is 15.9. The third kappa shape index (κ3) is 4.49. The second kappa shape index (κ2) is 7.84. The van der Waals surface area contributed by atoms with Gasteiger partial charge in [0.1, 0.15) is 11.6 Å². The quantitative estimate of drug-likeness (QED) is 0.851. The maximum absolute atomic E-state index is 12.9. The van der Waals surface area contributed by atoms with Crippen molar-refractivity contribution in [2.24, 2.45) is 0 Å². The number of likely N-dealkylation sites (N-methyl/N-ethyl adjacent to an activating group) is 1. The summed E-state index contributed by atoms with van der Waals surface area (Å²) in [5.74, 6) is 0.506. The number of hydrogen-bond donors (Lipinski definition) is 1. The summed E-state index contributed by atoms with van der Waals surface area (Å²) >= 11 is 0. The Balaban J connectivity index is 1.90. The smallest absolute Gasteiger partial charge is 0.148 e. The van der Waals surface area contributed by atoms with Crippen LogP contribution in [0, 0.1) is 5.82 Å². The maximum atomic E-state index is 12.9. The number of rotatable bonds is 7. The molecule has 0 saturated carbocycles. The van der Waals surface area contributed by atoms with E-state index in [1.54, 1.807) is 12.1 Å².